The predicted octanol–water partition coefficient (Wildman–Crippen LogP) is 2.85. The van der Waals surface area contributed by atoms with Gasteiger partial charge in [-0.2, -0.15) is 0 Å². The Balaban J connectivity index is 2.01. The van der Waals surface area contributed by atoms with Crippen LogP contribution in [0.4, 0.5) is 0 Å². The molecular formula is C21H30N4O2S. The SMILES string of the molecule is CCCNC(=O)c1cccc(CN=C(NCC)NCC(C)(O)c2cccs2)c1. The van der Waals surface area contributed by atoms with Gasteiger partial charge in [0.2, 0.25) is 0 Å². The lowest BCUT2D eigenvalue weighted by Gasteiger charge is -2.23. The number of guanidine groups is 1. The molecule has 0 aliphatic heterocycles. The third-order valence-corrected chi connectivity index (χ3v) is 5.26. The van der Waals surface area contributed by atoms with Crippen molar-refractivity contribution in [2.45, 2.75) is 39.3 Å². The number of aliphatic hydroxyl groups is 1. The van der Waals surface area contributed by atoms with Crippen LogP contribution in [0.5, 0.6) is 0 Å². The van der Waals surface area contributed by atoms with Crippen LogP contribution in [0, 0.1) is 0 Å². The summed E-state index contributed by atoms with van der Waals surface area (Å²) in [5.74, 6) is 0.560. The van der Waals surface area contributed by atoms with E-state index in [9.17, 15) is 9.90 Å². The molecule has 28 heavy (non-hydrogen) atoms. The fourth-order valence-electron chi connectivity index (χ4n) is 2.59. The maximum atomic E-state index is 12.1. The van der Waals surface area contributed by atoms with Crippen molar-refractivity contribution in [3.05, 3.63) is 57.8 Å². The summed E-state index contributed by atoms with van der Waals surface area (Å²) in [6, 6.07) is 11.3. The minimum absolute atomic E-state index is 0.0651. The molecule has 0 aliphatic carbocycles. The molecule has 7 heteroatoms. The molecule has 1 heterocycles. The molecule has 0 radical (unpaired) electrons. The standard InChI is InChI=1S/C21H30N4O2S/c1-4-11-23-19(26)17-9-6-8-16(13-17)14-24-20(22-5-2)25-15-21(3,27)18-10-7-12-28-18/h6-10,12-13,27H,4-5,11,14-15H2,1-3H3,(H,23,26)(H2,22,24,25). The molecule has 0 saturated heterocycles. The predicted molar refractivity (Wildman–Crippen MR) is 116 cm³/mol. The largest absolute Gasteiger partial charge is 0.383 e. The van der Waals surface area contributed by atoms with Gasteiger partial charge in [0.1, 0.15) is 5.60 Å². The normalized spacial score (nSPS) is 13.6. The van der Waals surface area contributed by atoms with Crippen LogP contribution in [0.2, 0.25) is 0 Å². The molecule has 1 unspecified atom stereocenters. The third-order valence-electron chi connectivity index (χ3n) is 4.14. The average molecular weight is 403 g/mol. The van der Waals surface area contributed by atoms with Crippen molar-refractivity contribution < 1.29 is 9.90 Å². The van der Waals surface area contributed by atoms with Crippen LogP contribution in [0.15, 0.2) is 46.8 Å². The second kappa shape index (κ2) is 10.8. The van der Waals surface area contributed by atoms with Gasteiger partial charge < -0.3 is 21.1 Å². The van der Waals surface area contributed by atoms with Crippen LogP contribution in [-0.2, 0) is 12.1 Å². The number of thiophene rings is 1. The monoisotopic (exact) mass is 402 g/mol. The molecule has 1 atom stereocenters. The summed E-state index contributed by atoms with van der Waals surface area (Å²) in [6.45, 7) is 7.97. The van der Waals surface area contributed by atoms with E-state index in [1.165, 1.54) is 11.3 Å². The van der Waals surface area contributed by atoms with Crippen LogP contribution in [0.3, 0.4) is 0 Å². The first kappa shape index (κ1) is 21.9. The van der Waals surface area contributed by atoms with E-state index in [1.807, 2.05) is 49.6 Å². The van der Waals surface area contributed by atoms with E-state index < -0.39 is 5.60 Å². The van der Waals surface area contributed by atoms with Gasteiger partial charge in [-0.05, 0) is 49.4 Å². The number of nitrogens with one attached hydrogen (secondary N) is 3. The molecule has 0 saturated carbocycles. The first-order valence-electron chi connectivity index (χ1n) is 9.62. The summed E-state index contributed by atoms with van der Waals surface area (Å²) in [7, 11) is 0. The number of hydrogen-bond acceptors (Lipinski definition) is 4. The van der Waals surface area contributed by atoms with Gasteiger partial charge in [-0.3, -0.25) is 4.79 Å². The van der Waals surface area contributed by atoms with Crippen molar-refractivity contribution >= 4 is 23.2 Å². The lowest BCUT2D eigenvalue weighted by Crippen LogP contribution is -2.44. The molecule has 1 aromatic heterocycles. The topological polar surface area (TPSA) is 85.8 Å². The van der Waals surface area contributed by atoms with E-state index in [0.29, 0.717) is 37.7 Å². The molecular weight excluding hydrogens is 372 g/mol. The minimum Gasteiger partial charge on any atom is -0.383 e. The zero-order chi connectivity index (χ0) is 20.4. The van der Waals surface area contributed by atoms with Crippen LogP contribution >= 0.6 is 11.3 Å². The lowest BCUT2D eigenvalue weighted by atomic mass is 10.1. The molecule has 152 valence electrons. The fourth-order valence-corrected chi connectivity index (χ4v) is 3.38. The summed E-state index contributed by atoms with van der Waals surface area (Å²) in [4.78, 5) is 17.6. The van der Waals surface area contributed by atoms with Crippen LogP contribution in [0.1, 0.15) is 48.0 Å². The van der Waals surface area contributed by atoms with Crippen LogP contribution in [0.25, 0.3) is 0 Å². The number of hydrogen-bond donors (Lipinski definition) is 4. The lowest BCUT2D eigenvalue weighted by molar-refractivity contribution is 0.0655. The van der Waals surface area contributed by atoms with E-state index in [4.69, 9.17) is 0 Å². The highest BCUT2D eigenvalue weighted by Gasteiger charge is 2.24. The van der Waals surface area contributed by atoms with Crippen molar-refractivity contribution in [2.24, 2.45) is 4.99 Å². The number of benzene rings is 1. The Morgan fingerprint density at radius 1 is 1.18 bits per heavy atom. The van der Waals surface area contributed by atoms with Crippen molar-refractivity contribution in [1.29, 1.82) is 0 Å². The molecule has 2 rings (SSSR count). The van der Waals surface area contributed by atoms with E-state index in [-0.39, 0.29) is 5.91 Å². The molecule has 0 bridgehead atoms. The minimum atomic E-state index is -0.971. The first-order chi connectivity index (χ1) is 13.5. The quantitative estimate of drug-likeness (QED) is 0.384. The number of amides is 1. The van der Waals surface area contributed by atoms with Gasteiger partial charge in [-0.25, -0.2) is 4.99 Å². The smallest absolute Gasteiger partial charge is 0.251 e. The molecule has 0 fully saturated rings. The number of aliphatic imine (C=N–C) groups is 1. The van der Waals surface area contributed by atoms with E-state index in [0.717, 1.165) is 16.9 Å². The van der Waals surface area contributed by atoms with Gasteiger partial charge in [0, 0.05) is 23.5 Å². The Morgan fingerprint density at radius 2 is 2.00 bits per heavy atom. The van der Waals surface area contributed by atoms with Crippen molar-refractivity contribution in [3.8, 4) is 0 Å². The second-order valence-electron chi connectivity index (χ2n) is 6.76. The highest BCUT2D eigenvalue weighted by Crippen LogP contribution is 2.24. The first-order valence-corrected chi connectivity index (χ1v) is 10.5. The molecule has 2 aromatic rings. The van der Waals surface area contributed by atoms with Gasteiger partial charge >= 0.3 is 0 Å². The summed E-state index contributed by atoms with van der Waals surface area (Å²) >= 11 is 1.53. The van der Waals surface area contributed by atoms with Crippen molar-refractivity contribution in [3.63, 3.8) is 0 Å². The summed E-state index contributed by atoms with van der Waals surface area (Å²) in [6.07, 6.45) is 0.905. The Morgan fingerprint density at radius 3 is 2.68 bits per heavy atom. The molecule has 0 aliphatic rings. The Hall–Kier alpha value is -2.38. The molecule has 6 nitrogen and oxygen atoms in total. The average Bonchev–Trinajstić information content (AvgIpc) is 3.24. The fraction of sp³-hybridized carbons (Fsp3) is 0.429. The number of rotatable bonds is 9. The number of carbonyl (C=O) groups excluding carboxylic acids is 1. The van der Waals surface area contributed by atoms with Gasteiger partial charge in [0.05, 0.1) is 13.1 Å². The van der Waals surface area contributed by atoms with Gasteiger partial charge in [0.15, 0.2) is 5.96 Å². The van der Waals surface area contributed by atoms with Crippen molar-refractivity contribution in [1.82, 2.24) is 16.0 Å². The Kier molecular flexibility index (Phi) is 8.47. The highest BCUT2D eigenvalue weighted by molar-refractivity contribution is 7.10. The second-order valence-corrected chi connectivity index (χ2v) is 7.70. The molecule has 0 spiro atoms. The highest BCUT2D eigenvalue weighted by atomic mass is 32.1. The van der Waals surface area contributed by atoms with Crippen molar-refractivity contribution in [2.75, 3.05) is 19.6 Å². The van der Waals surface area contributed by atoms with Gasteiger partial charge in [0.25, 0.3) is 5.91 Å². The van der Waals surface area contributed by atoms with Gasteiger partial charge in [-0.15, -0.1) is 11.3 Å². The summed E-state index contributed by atoms with van der Waals surface area (Å²) in [5, 5.41) is 21.9. The summed E-state index contributed by atoms with van der Waals surface area (Å²) < 4.78 is 0. The maximum absolute atomic E-state index is 12.1. The van der Waals surface area contributed by atoms with Crippen LogP contribution in [-0.4, -0.2) is 36.6 Å². The molecule has 1 amide bonds. The van der Waals surface area contributed by atoms with E-state index in [2.05, 4.69) is 20.9 Å². The van der Waals surface area contributed by atoms with E-state index >= 15 is 0 Å². The van der Waals surface area contributed by atoms with Crippen LogP contribution < -0.4 is 16.0 Å². The zero-order valence-corrected chi connectivity index (χ0v) is 17.6. The Bertz CT molecular complexity index is 772. The Labute approximate surface area is 171 Å². The summed E-state index contributed by atoms with van der Waals surface area (Å²) in [5.41, 5.74) is 0.618. The molecule has 1 aromatic carbocycles. The van der Waals surface area contributed by atoms with E-state index in [1.54, 1.807) is 13.0 Å². The number of carbonyl (C=O) groups is 1. The third kappa shape index (κ3) is 6.65. The number of nitrogens with zero attached hydrogens (tertiary/aromatic N) is 1. The maximum Gasteiger partial charge on any atom is 0.251 e. The van der Waals surface area contributed by atoms with Gasteiger partial charge in [-0.1, -0.05) is 25.1 Å². The zero-order valence-electron chi connectivity index (χ0n) is 16.8. The molecule has 4 N–H and O–H groups in total.